The maximum Gasteiger partial charge on any atom is 0.337 e. The zero-order chi connectivity index (χ0) is 10.8. The number of nitrogens with two attached hydrogens (primary N) is 1. The van der Waals surface area contributed by atoms with Gasteiger partial charge in [0.05, 0.1) is 5.56 Å². The van der Waals surface area contributed by atoms with Gasteiger partial charge in [-0.3, -0.25) is 0 Å². The first-order chi connectivity index (χ1) is 7.16. The number of nitrogen functional groups attached to an aromatic ring is 1. The lowest BCUT2D eigenvalue weighted by molar-refractivity contribution is 0.0698. The van der Waals surface area contributed by atoms with Crippen LogP contribution >= 0.6 is 0 Å². The number of rotatable bonds is 4. The molecule has 1 fully saturated rings. The maximum atomic E-state index is 10.8. The van der Waals surface area contributed by atoms with Crippen molar-refractivity contribution in [3.63, 3.8) is 0 Å². The number of carboxylic acid groups (broad SMARTS) is 1. The van der Waals surface area contributed by atoms with Crippen molar-refractivity contribution in [2.24, 2.45) is 5.92 Å². The van der Waals surface area contributed by atoms with Gasteiger partial charge >= 0.3 is 5.97 Å². The summed E-state index contributed by atoms with van der Waals surface area (Å²) in [6, 6.07) is 5.02. The molecule has 1 aromatic rings. The molecule has 2 rings (SSSR count). The highest BCUT2D eigenvalue weighted by atomic mass is 16.4. The van der Waals surface area contributed by atoms with E-state index in [2.05, 4.69) is 5.32 Å². The van der Waals surface area contributed by atoms with Crippen LogP contribution in [0.15, 0.2) is 18.2 Å². The molecule has 1 aromatic carbocycles. The lowest BCUT2D eigenvalue weighted by Crippen LogP contribution is -2.06. The van der Waals surface area contributed by atoms with E-state index in [9.17, 15) is 4.79 Å². The molecule has 4 N–H and O–H groups in total. The van der Waals surface area contributed by atoms with Crippen LogP contribution in [-0.4, -0.2) is 17.6 Å². The molecule has 0 atom stereocenters. The third-order valence-corrected chi connectivity index (χ3v) is 2.58. The lowest BCUT2D eigenvalue weighted by atomic mass is 10.1. The van der Waals surface area contributed by atoms with Crippen molar-refractivity contribution in [3.05, 3.63) is 23.8 Å². The Morgan fingerprint density at radius 3 is 2.87 bits per heavy atom. The van der Waals surface area contributed by atoms with E-state index < -0.39 is 5.97 Å². The second kappa shape index (κ2) is 3.81. The van der Waals surface area contributed by atoms with Gasteiger partial charge in [-0.15, -0.1) is 0 Å². The maximum absolute atomic E-state index is 10.8. The molecule has 80 valence electrons. The van der Waals surface area contributed by atoms with Gasteiger partial charge in [0.15, 0.2) is 0 Å². The summed E-state index contributed by atoms with van der Waals surface area (Å²) in [6.45, 7) is 0.920. The topological polar surface area (TPSA) is 75.3 Å². The van der Waals surface area contributed by atoms with Gasteiger partial charge in [-0.1, -0.05) is 0 Å². The van der Waals surface area contributed by atoms with Gasteiger partial charge in [0.25, 0.3) is 0 Å². The molecule has 1 aliphatic rings. The second-order valence-corrected chi connectivity index (χ2v) is 3.93. The highest BCUT2D eigenvalue weighted by molar-refractivity contribution is 5.94. The quantitative estimate of drug-likeness (QED) is 0.656. The normalized spacial score (nSPS) is 14.9. The van der Waals surface area contributed by atoms with Crippen molar-refractivity contribution in [1.29, 1.82) is 0 Å². The highest BCUT2D eigenvalue weighted by Gasteiger charge is 2.20. The van der Waals surface area contributed by atoms with E-state index in [4.69, 9.17) is 10.8 Å². The Morgan fingerprint density at radius 2 is 2.27 bits per heavy atom. The van der Waals surface area contributed by atoms with Crippen molar-refractivity contribution >= 4 is 17.3 Å². The summed E-state index contributed by atoms with van der Waals surface area (Å²) in [7, 11) is 0. The van der Waals surface area contributed by atoms with E-state index in [0.29, 0.717) is 5.69 Å². The molecule has 1 aliphatic carbocycles. The van der Waals surface area contributed by atoms with Crippen LogP contribution in [0.2, 0.25) is 0 Å². The van der Waals surface area contributed by atoms with E-state index in [1.807, 2.05) is 6.07 Å². The number of hydrogen-bond donors (Lipinski definition) is 3. The number of anilines is 2. The average Bonchev–Trinajstić information content (AvgIpc) is 3.00. The van der Waals surface area contributed by atoms with Gasteiger partial charge in [-0.25, -0.2) is 4.79 Å². The molecule has 0 unspecified atom stereocenters. The Labute approximate surface area is 88.1 Å². The van der Waals surface area contributed by atoms with Crippen LogP contribution in [0.5, 0.6) is 0 Å². The SMILES string of the molecule is Nc1ccc(NCC2CC2)cc1C(=O)O. The Balaban J connectivity index is 2.10. The smallest absolute Gasteiger partial charge is 0.337 e. The first-order valence-corrected chi connectivity index (χ1v) is 5.03. The molecule has 15 heavy (non-hydrogen) atoms. The molecule has 4 nitrogen and oxygen atoms in total. The first kappa shape index (κ1) is 9.83. The molecule has 4 heteroatoms. The Hall–Kier alpha value is -1.71. The van der Waals surface area contributed by atoms with Crippen LogP contribution in [0.25, 0.3) is 0 Å². The minimum absolute atomic E-state index is 0.163. The standard InChI is InChI=1S/C11H14N2O2/c12-10-4-3-8(5-9(10)11(14)15)13-6-7-1-2-7/h3-5,7,13H,1-2,6,12H2,(H,14,15). The number of aromatic carboxylic acids is 1. The fourth-order valence-corrected chi connectivity index (χ4v) is 1.44. The van der Waals surface area contributed by atoms with Crippen molar-refractivity contribution in [2.75, 3.05) is 17.6 Å². The van der Waals surface area contributed by atoms with Crippen molar-refractivity contribution < 1.29 is 9.90 Å². The predicted molar refractivity (Wildman–Crippen MR) is 59.0 cm³/mol. The van der Waals surface area contributed by atoms with Crippen LogP contribution in [0, 0.1) is 5.92 Å². The molecule has 0 saturated heterocycles. The minimum atomic E-state index is -0.984. The van der Waals surface area contributed by atoms with Crippen LogP contribution in [0.3, 0.4) is 0 Å². The number of nitrogens with one attached hydrogen (secondary N) is 1. The molecule has 1 saturated carbocycles. The molecule has 0 bridgehead atoms. The van der Waals surface area contributed by atoms with Gasteiger partial charge < -0.3 is 16.2 Å². The third kappa shape index (κ3) is 2.40. The Morgan fingerprint density at radius 1 is 1.53 bits per heavy atom. The minimum Gasteiger partial charge on any atom is -0.478 e. The van der Waals surface area contributed by atoms with Gasteiger partial charge in [0.1, 0.15) is 0 Å². The summed E-state index contributed by atoms with van der Waals surface area (Å²) in [5, 5.41) is 12.1. The van der Waals surface area contributed by atoms with Crippen LogP contribution < -0.4 is 11.1 Å². The summed E-state index contributed by atoms with van der Waals surface area (Å²) >= 11 is 0. The molecular formula is C11H14N2O2. The summed E-state index contributed by atoms with van der Waals surface area (Å²) < 4.78 is 0. The molecular weight excluding hydrogens is 192 g/mol. The molecule has 0 heterocycles. The Kier molecular flexibility index (Phi) is 2.49. The summed E-state index contributed by atoms with van der Waals surface area (Å²) in [6.07, 6.45) is 2.54. The summed E-state index contributed by atoms with van der Waals surface area (Å²) in [5.41, 5.74) is 6.85. The van der Waals surface area contributed by atoms with E-state index >= 15 is 0 Å². The van der Waals surface area contributed by atoms with Gasteiger partial charge in [0, 0.05) is 17.9 Å². The fraction of sp³-hybridized carbons (Fsp3) is 0.364. The first-order valence-electron chi connectivity index (χ1n) is 5.03. The van der Waals surface area contributed by atoms with E-state index in [1.165, 1.54) is 12.8 Å². The molecule has 0 aromatic heterocycles. The van der Waals surface area contributed by atoms with Crippen molar-refractivity contribution in [2.45, 2.75) is 12.8 Å². The van der Waals surface area contributed by atoms with E-state index in [-0.39, 0.29) is 5.56 Å². The van der Waals surface area contributed by atoms with Gasteiger partial charge in [-0.05, 0) is 37.0 Å². The van der Waals surface area contributed by atoms with E-state index in [0.717, 1.165) is 18.2 Å². The highest BCUT2D eigenvalue weighted by Crippen LogP contribution is 2.29. The average molecular weight is 206 g/mol. The molecule has 0 aliphatic heterocycles. The van der Waals surface area contributed by atoms with Crippen LogP contribution in [0.1, 0.15) is 23.2 Å². The van der Waals surface area contributed by atoms with Crippen molar-refractivity contribution in [3.8, 4) is 0 Å². The molecule has 0 radical (unpaired) electrons. The van der Waals surface area contributed by atoms with Gasteiger partial charge in [-0.2, -0.15) is 0 Å². The number of carboxylic acids is 1. The van der Waals surface area contributed by atoms with Crippen LogP contribution in [0.4, 0.5) is 11.4 Å². The van der Waals surface area contributed by atoms with Gasteiger partial charge in [0.2, 0.25) is 0 Å². The zero-order valence-corrected chi connectivity index (χ0v) is 8.36. The van der Waals surface area contributed by atoms with E-state index in [1.54, 1.807) is 12.1 Å². The number of benzene rings is 1. The fourth-order valence-electron chi connectivity index (χ4n) is 1.44. The zero-order valence-electron chi connectivity index (χ0n) is 8.36. The molecule has 0 amide bonds. The molecule has 0 spiro atoms. The Bertz CT molecular complexity index is 386. The second-order valence-electron chi connectivity index (χ2n) is 3.93. The van der Waals surface area contributed by atoms with Crippen molar-refractivity contribution in [1.82, 2.24) is 0 Å². The largest absolute Gasteiger partial charge is 0.478 e. The monoisotopic (exact) mass is 206 g/mol. The summed E-state index contributed by atoms with van der Waals surface area (Å²) in [5.74, 6) is -0.224. The van der Waals surface area contributed by atoms with Crippen LogP contribution in [-0.2, 0) is 0 Å². The predicted octanol–water partition coefficient (Wildman–Crippen LogP) is 1.79. The summed E-state index contributed by atoms with van der Waals surface area (Å²) in [4.78, 5) is 10.8. The third-order valence-electron chi connectivity index (χ3n) is 2.58. The number of hydrogen-bond acceptors (Lipinski definition) is 3. The number of carbonyl (C=O) groups is 1. The lowest BCUT2D eigenvalue weighted by Gasteiger charge is -2.07.